The minimum absolute atomic E-state index is 0.0329. The fourth-order valence-corrected chi connectivity index (χ4v) is 2.11. The summed E-state index contributed by atoms with van der Waals surface area (Å²) in [6, 6.07) is 0.221. The van der Waals surface area contributed by atoms with Crippen molar-refractivity contribution in [2.75, 3.05) is 0 Å². The van der Waals surface area contributed by atoms with E-state index < -0.39 is 4.92 Å². The van der Waals surface area contributed by atoms with Crippen LogP contribution in [-0.4, -0.2) is 26.6 Å². The van der Waals surface area contributed by atoms with Crippen LogP contribution in [0.2, 0.25) is 0 Å². The van der Waals surface area contributed by atoms with Crippen LogP contribution in [0.15, 0.2) is 6.20 Å². The van der Waals surface area contributed by atoms with Gasteiger partial charge >= 0.3 is 11.8 Å². The Labute approximate surface area is 91.4 Å². The molecule has 0 radical (unpaired) electrons. The van der Waals surface area contributed by atoms with Crippen LogP contribution in [0.4, 0.5) is 5.82 Å². The Morgan fingerprint density at radius 2 is 2.38 bits per heavy atom. The molecule has 0 unspecified atom stereocenters. The maximum absolute atomic E-state index is 10.6. The van der Waals surface area contributed by atoms with Gasteiger partial charge in [0.15, 0.2) is 0 Å². The van der Waals surface area contributed by atoms with E-state index in [-0.39, 0.29) is 18.0 Å². The minimum Gasteiger partial charge on any atom is -0.440 e. The van der Waals surface area contributed by atoms with Gasteiger partial charge in [-0.05, 0) is 23.7 Å². The molecule has 1 aromatic heterocycles. The molecule has 1 aromatic rings. The molecule has 2 N–H and O–H groups in total. The van der Waals surface area contributed by atoms with Crippen LogP contribution >= 0.6 is 0 Å². The lowest BCUT2D eigenvalue weighted by Gasteiger charge is -2.27. The second kappa shape index (κ2) is 3.18. The van der Waals surface area contributed by atoms with Gasteiger partial charge in [0.05, 0.1) is 6.04 Å². The topological polar surface area (TPSA) is 96.2 Å². The molecule has 3 rings (SSSR count). The number of fused-ring (bicyclic) bond motifs is 1. The molecule has 7 heteroatoms. The second-order valence-corrected chi connectivity index (χ2v) is 4.37. The van der Waals surface area contributed by atoms with Crippen LogP contribution < -0.4 is 10.5 Å². The molecule has 1 fully saturated rings. The Morgan fingerprint density at radius 3 is 3.00 bits per heavy atom. The summed E-state index contributed by atoms with van der Waals surface area (Å²) < 4.78 is 7.23. The van der Waals surface area contributed by atoms with Crippen LogP contribution in [0.3, 0.4) is 0 Å². The van der Waals surface area contributed by atoms with Crippen molar-refractivity contribution >= 4 is 5.82 Å². The van der Waals surface area contributed by atoms with Crippen LogP contribution in [0.25, 0.3) is 0 Å². The van der Waals surface area contributed by atoms with Crippen molar-refractivity contribution in [1.29, 1.82) is 0 Å². The van der Waals surface area contributed by atoms with Gasteiger partial charge in [0.1, 0.15) is 12.3 Å². The average Bonchev–Trinajstić information content (AvgIpc) is 2.97. The van der Waals surface area contributed by atoms with E-state index in [2.05, 4.69) is 4.98 Å². The molecule has 7 nitrogen and oxygen atoms in total. The molecule has 2 aliphatic rings. The molecule has 16 heavy (non-hydrogen) atoms. The number of hydrogen-bond donors (Lipinski definition) is 1. The average molecular weight is 224 g/mol. The van der Waals surface area contributed by atoms with E-state index in [0.29, 0.717) is 18.5 Å². The maximum atomic E-state index is 10.6. The fourth-order valence-electron chi connectivity index (χ4n) is 2.11. The summed E-state index contributed by atoms with van der Waals surface area (Å²) >= 11 is 0. The Bertz CT molecular complexity index is 440. The van der Waals surface area contributed by atoms with E-state index in [0.717, 1.165) is 12.8 Å². The van der Waals surface area contributed by atoms with Gasteiger partial charge < -0.3 is 20.6 Å². The highest BCUT2D eigenvalue weighted by Gasteiger charge is 2.42. The van der Waals surface area contributed by atoms with Crippen LogP contribution in [0, 0.1) is 16.0 Å². The number of rotatable bonds is 2. The number of hydrogen-bond acceptors (Lipinski definition) is 5. The third-order valence-electron chi connectivity index (χ3n) is 3.07. The first-order valence-corrected chi connectivity index (χ1v) is 5.29. The first-order valence-electron chi connectivity index (χ1n) is 5.29. The van der Waals surface area contributed by atoms with Gasteiger partial charge in [-0.2, -0.15) is 0 Å². The smallest absolute Gasteiger partial charge is 0.414 e. The van der Waals surface area contributed by atoms with Gasteiger partial charge in [0.2, 0.25) is 0 Å². The summed E-state index contributed by atoms with van der Waals surface area (Å²) in [6.07, 6.45) is 3.59. The summed E-state index contributed by atoms with van der Waals surface area (Å²) in [5.41, 5.74) is 5.98. The molecule has 0 bridgehead atoms. The molecule has 1 aliphatic heterocycles. The Balaban J connectivity index is 1.89. The maximum Gasteiger partial charge on any atom is 0.414 e. The lowest BCUT2D eigenvalue weighted by Crippen LogP contribution is -2.47. The molecule has 0 saturated heterocycles. The molecule has 0 spiro atoms. The first kappa shape index (κ1) is 9.59. The summed E-state index contributed by atoms with van der Waals surface area (Å²) in [6.45, 7) is 0.539. The van der Waals surface area contributed by atoms with Crippen molar-refractivity contribution in [3.8, 4) is 6.01 Å². The van der Waals surface area contributed by atoms with Crippen molar-refractivity contribution < 1.29 is 9.66 Å². The predicted molar refractivity (Wildman–Crippen MR) is 54.0 cm³/mol. The zero-order valence-electron chi connectivity index (χ0n) is 8.57. The lowest BCUT2D eigenvalue weighted by atomic mass is 10.1. The number of imidazole rings is 1. The quantitative estimate of drug-likeness (QED) is 0.575. The number of aromatic nitrogens is 2. The van der Waals surface area contributed by atoms with Crippen molar-refractivity contribution in [1.82, 2.24) is 9.55 Å². The first-order chi connectivity index (χ1) is 7.65. The molecule has 2 atom stereocenters. The van der Waals surface area contributed by atoms with Crippen molar-refractivity contribution in [3.05, 3.63) is 16.3 Å². The van der Waals surface area contributed by atoms with Crippen LogP contribution in [-0.2, 0) is 6.54 Å². The van der Waals surface area contributed by atoms with E-state index in [1.54, 1.807) is 4.57 Å². The Morgan fingerprint density at radius 1 is 1.62 bits per heavy atom. The second-order valence-electron chi connectivity index (χ2n) is 4.37. The van der Waals surface area contributed by atoms with E-state index in [1.807, 2.05) is 0 Å². The normalized spacial score (nSPS) is 28.3. The van der Waals surface area contributed by atoms with Gasteiger partial charge in [-0.25, -0.2) is 0 Å². The monoisotopic (exact) mass is 224 g/mol. The summed E-state index contributed by atoms with van der Waals surface area (Å²) in [5, 5.41) is 10.6. The van der Waals surface area contributed by atoms with Crippen molar-refractivity contribution in [2.45, 2.75) is 31.5 Å². The highest BCUT2D eigenvalue weighted by Crippen LogP contribution is 2.38. The third kappa shape index (κ3) is 1.44. The van der Waals surface area contributed by atoms with E-state index in [9.17, 15) is 10.1 Å². The van der Waals surface area contributed by atoms with Crippen LogP contribution in [0.1, 0.15) is 12.8 Å². The highest BCUT2D eigenvalue weighted by atomic mass is 16.6. The summed E-state index contributed by atoms with van der Waals surface area (Å²) in [4.78, 5) is 13.9. The van der Waals surface area contributed by atoms with Crippen LogP contribution in [0.5, 0.6) is 6.01 Å². The van der Waals surface area contributed by atoms with E-state index >= 15 is 0 Å². The largest absolute Gasteiger partial charge is 0.440 e. The van der Waals surface area contributed by atoms with Gasteiger partial charge in [-0.3, -0.25) is 4.57 Å². The predicted octanol–water partition coefficient (Wildman–Crippen LogP) is 0.290. The highest BCUT2D eigenvalue weighted by molar-refractivity contribution is 5.22. The molecular weight excluding hydrogens is 212 g/mol. The standard InChI is InChI=1S/C9H12N4O3/c10-6-3-12-4-7(13(14)15)11-9(12)16-8(6)5-1-2-5/h4-6,8H,1-3,10H2/t6-,8-/m0/s1. The van der Waals surface area contributed by atoms with Gasteiger partial charge in [-0.15, -0.1) is 0 Å². The minimum atomic E-state index is -0.521. The van der Waals surface area contributed by atoms with E-state index in [4.69, 9.17) is 10.5 Å². The third-order valence-corrected chi connectivity index (χ3v) is 3.07. The van der Waals surface area contributed by atoms with E-state index in [1.165, 1.54) is 6.20 Å². The SMILES string of the molecule is N[C@H]1Cn2cc([N+](=O)[O-])nc2O[C@H]1C1CC1. The molecule has 2 heterocycles. The number of nitro groups is 1. The summed E-state index contributed by atoms with van der Waals surface area (Å²) in [5.74, 6) is 0.318. The van der Waals surface area contributed by atoms with Crippen molar-refractivity contribution in [2.24, 2.45) is 11.7 Å². The fraction of sp³-hybridized carbons (Fsp3) is 0.667. The number of nitrogens with zero attached hydrogens (tertiary/aromatic N) is 3. The number of nitrogens with two attached hydrogens (primary N) is 1. The molecule has 1 aliphatic carbocycles. The molecule has 1 saturated carbocycles. The Hall–Kier alpha value is -1.63. The summed E-state index contributed by atoms with van der Waals surface area (Å²) in [7, 11) is 0. The molecule has 0 aromatic carbocycles. The Kier molecular flexibility index (Phi) is 1.90. The lowest BCUT2D eigenvalue weighted by molar-refractivity contribution is -0.389. The molecule has 0 amide bonds. The zero-order valence-corrected chi connectivity index (χ0v) is 8.57. The number of ether oxygens (including phenoxy) is 1. The molecular formula is C9H12N4O3. The van der Waals surface area contributed by atoms with Crippen molar-refractivity contribution in [3.63, 3.8) is 0 Å². The van der Waals surface area contributed by atoms with Gasteiger partial charge in [0, 0.05) is 11.5 Å². The van der Waals surface area contributed by atoms with Gasteiger partial charge in [0.25, 0.3) is 0 Å². The van der Waals surface area contributed by atoms with Gasteiger partial charge in [-0.1, -0.05) is 0 Å². The molecule has 86 valence electrons. The zero-order chi connectivity index (χ0) is 11.3.